The number of alkyl halides is 3. The smallest absolute Gasteiger partial charge is 0.406 e. The molecule has 0 aromatic heterocycles. The minimum atomic E-state index is -4.64. The Morgan fingerprint density at radius 2 is 2.05 bits per heavy atom. The van der Waals surface area contributed by atoms with Crippen molar-refractivity contribution in [2.45, 2.75) is 31.7 Å². The van der Waals surface area contributed by atoms with Crippen LogP contribution < -0.4 is 10.1 Å². The van der Waals surface area contributed by atoms with Gasteiger partial charge in [-0.15, -0.1) is 13.2 Å². The second-order valence-corrected chi connectivity index (χ2v) is 5.35. The Morgan fingerprint density at radius 1 is 1.33 bits per heavy atom. The summed E-state index contributed by atoms with van der Waals surface area (Å²) in [7, 11) is 1.90. The lowest BCUT2D eigenvalue weighted by molar-refractivity contribution is -0.274. The third-order valence-corrected chi connectivity index (χ3v) is 3.69. The molecule has 1 heterocycles. The lowest BCUT2D eigenvalue weighted by Gasteiger charge is -2.19. The van der Waals surface area contributed by atoms with Gasteiger partial charge in [0.1, 0.15) is 5.75 Å². The summed E-state index contributed by atoms with van der Waals surface area (Å²) in [6, 6.07) is 6.36. The zero-order chi connectivity index (χ0) is 15.3. The molecule has 1 aromatic carbocycles. The van der Waals surface area contributed by atoms with Crippen molar-refractivity contribution in [3.05, 3.63) is 29.8 Å². The van der Waals surface area contributed by atoms with E-state index in [2.05, 4.69) is 10.1 Å². The van der Waals surface area contributed by atoms with Gasteiger partial charge in [-0.2, -0.15) is 0 Å². The Morgan fingerprint density at radius 3 is 2.57 bits per heavy atom. The summed E-state index contributed by atoms with van der Waals surface area (Å²) in [6.07, 6.45) is -1.77. The average molecular weight is 303 g/mol. The predicted octanol–water partition coefficient (Wildman–Crippen LogP) is 3.14. The Labute approximate surface area is 122 Å². The van der Waals surface area contributed by atoms with Gasteiger partial charge in [-0.05, 0) is 49.9 Å². The second kappa shape index (κ2) is 7.13. The fourth-order valence-corrected chi connectivity index (χ4v) is 2.59. The molecule has 1 fully saturated rings. The van der Waals surface area contributed by atoms with Gasteiger partial charge in [0.15, 0.2) is 0 Å². The van der Waals surface area contributed by atoms with Crippen LogP contribution in [0.2, 0.25) is 0 Å². The van der Waals surface area contributed by atoms with Gasteiger partial charge in [0.25, 0.3) is 0 Å². The van der Waals surface area contributed by atoms with Crippen LogP contribution in [0, 0.1) is 5.92 Å². The lowest BCUT2D eigenvalue weighted by Crippen LogP contribution is -2.30. The highest BCUT2D eigenvalue weighted by atomic mass is 19.4. The number of ether oxygens (including phenoxy) is 2. The van der Waals surface area contributed by atoms with Crippen molar-refractivity contribution >= 4 is 0 Å². The van der Waals surface area contributed by atoms with E-state index in [1.165, 1.54) is 12.1 Å². The molecule has 0 aliphatic carbocycles. The van der Waals surface area contributed by atoms with Gasteiger partial charge in [0.2, 0.25) is 0 Å². The molecule has 0 radical (unpaired) electrons. The van der Waals surface area contributed by atoms with Gasteiger partial charge in [-0.25, -0.2) is 0 Å². The maximum atomic E-state index is 12.1. The van der Waals surface area contributed by atoms with E-state index in [1.807, 2.05) is 7.05 Å². The van der Waals surface area contributed by atoms with Crippen molar-refractivity contribution in [2.75, 3.05) is 20.3 Å². The van der Waals surface area contributed by atoms with Gasteiger partial charge < -0.3 is 14.8 Å². The van der Waals surface area contributed by atoms with Gasteiger partial charge in [0, 0.05) is 19.3 Å². The molecule has 1 aromatic rings. The summed E-state index contributed by atoms with van der Waals surface area (Å²) in [5.41, 5.74) is 0.989. The number of nitrogens with one attached hydrogen (secondary N) is 1. The molecular weight excluding hydrogens is 283 g/mol. The third-order valence-electron chi connectivity index (χ3n) is 3.69. The minimum absolute atomic E-state index is 0.184. The van der Waals surface area contributed by atoms with Crippen molar-refractivity contribution in [1.82, 2.24) is 5.32 Å². The molecule has 1 saturated heterocycles. The number of hydrogen-bond donors (Lipinski definition) is 1. The summed E-state index contributed by atoms with van der Waals surface area (Å²) >= 11 is 0. The molecule has 0 bridgehead atoms. The molecule has 118 valence electrons. The topological polar surface area (TPSA) is 30.5 Å². The van der Waals surface area contributed by atoms with Crippen LogP contribution in [-0.2, 0) is 11.2 Å². The largest absolute Gasteiger partial charge is 0.573 e. The zero-order valence-electron chi connectivity index (χ0n) is 12.0. The van der Waals surface area contributed by atoms with Gasteiger partial charge in [0.05, 0.1) is 0 Å². The maximum Gasteiger partial charge on any atom is 0.573 e. The van der Waals surface area contributed by atoms with Gasteiger partial charge >= 0.3 is 6.36 Å². The van der Waals surface area contributed by atoms with Crippen LogP contribution >= 0.6 is 0 Å². The Kier molecular flexibility index (Phi) is 5.47. The number of likely N-dealkylation sites (N-methyl/N-ethyl adjacent to an activating group) is 1. The Hall–Kier alpha value is -1.27. The summed E-state index contributed by atoms with van der Waals surface area (Å²) in [4.78, 5) is 0. The van der Waals surface area contributed by atoms with Crippen molar-refractivity contribution in [1.29, 1.82) is 0 Å². The molecule has 2 rings (SSSR count). The molecule has 1 aliphatic rings. The number of hydrogen-bond acceptors (Lipinski definition) is 3. The van der Waals surface area contributed by atoms with Crippen molar-refractivity contribution in [2.24, 2.45) is 5.92 Å². The molecule has 0 spiro atoms. The first-order valence-corrected chi connectivity index (χ1v) is 7.06. The van der Waals surface area contributed by atoms with Crippen molar-refractivity contribution in [3.8, 4) is 5.75 Å². The summed E-state index contributed by atoms with van der Waals surface area (Å²) in [6.45, 7) is 1.63. The van der Waals surface area contributed by atoms with E-state index >= 15 is 0 Å². The van der Waals surface area contributed by atoms with Gasteiger partial charge in [-0.1, -0.05) is 12.1 Å². The molecule has 6 heteroatoms. The quantitative estimate of drug-likeness (QED) is 0.876. The maximum absolute atomic E-state index is 12.1. The van der Waals surface area contributed by atoms with Crippen LogP contribution in [0.3, 0.4) is 0 Å². The first-order chi connectivity index (χ1) is 9.96. The van der Waals surface area contributed by atoms with E-state index in [4.69, 9.17) is 4.74 Å². The molecule has 21 heavy (non-hydrogen) atoms. The molecule has 2 atom stereocenters. The van der Waals surface area contributed by atoms with E-state index in [9.17, 15) is 13.2 Å². The van der Waals surface area contributed by atoms with Crippen LogP contribution in [0.4, 0.5) is 13.2 Å². The molecule has 0 amide bonds. The normalized spacial score (nSPS) is 20.5. The lowest BCUT2D eigenvalue weighted by atomic mass is 9.94. The van der Waals surface area contributed by atoms with E-state index in [0.29, 0.717) is 12.0 Å². The highest BCUT2D eigenvalue weighted by molar-refractivity contribution is 5.28. The monoisotopic (exact) mass is 303 g/mol. The van der Waals surface area contributed by atoms with Crippen molar-refractivity contribution in [3.63, 3.8) is 0 Å². The molecule has 2 unspecified atom stereocenters. The molecular formula is C15H20F3NO2. The highest BCUT2D eigenvalue weighted by Crippen LogP contribution is 2.24. The predicted molar refractivity (Wildman–Crippen MR) is 73.2 cm³/mol. The van der Waals surface area contributed by atoms with Crippen LogP contribution in [0.25, 0.3) is 0 Å². The van der Waals surface area contributed by atoms with Crippen molar-refractivity contribution < 1.29 is 22.6 Å². The Balaban J connectivity index is 1.88. The average Bonchev–Trinajstić information content (AvgIpc) is 2.91. The van der Waals surface area contributed by atoms with E-state index < -0.39 is 6.36 Å². The summed E-state index contributed by atoms with van der Waals surface area (Å²) in [5.74, 6) is 0.381. The number of halogens is 3. The van der Waals surface area contributed by atoms with Crippen LogP contribution in [0.15, 0.2) is 24.3 Å². The SMILES string of the molecule is CNC(Cc1ccc(OC(F)(F)F)cc1)CC1CCOC1. The highest BCUT2D eigenvalue weighted by Gasteiger charge is 2.31. The molecule has 0 saturated carbocycles. The summed E-state index contributed by atoms with van der Waals surface area (Å²) < 4.78 is 45.5. The van der Waals surface area contributed by atoms with E-state index in [-0.39, 0.29) is 5.75 Å². The molecule has 3 nitrogen and oxygen atoms in total. The first-order valence-electron chi connectivity index (χ1n) is 7.06. The van der Waals surface area contributed by atoms with E-state index in [1.54, 1.807) is 12.1 Å². The minimum Gasteiger partial charge on any atom is -0.406 e. The van der Waals surface area contributed by atoms with Gasteiger partial charge in [-0.3, -0.25) is 0 Å². The first kappa shape index (κ1) is 16.1. The second-order valence-electron chi connectivity index (χ2n) is 5.35. The fraction of sp³-hybridized carbons (Fsp3) is 0.600. The van der Waals surface area contributed by atoms with Crippen LogP contribution in [0.5, 0.6) is 5.75 Å². The van der Waals surface area contributed by atoms with E-state index in [0.717, 1.165) is 38.0 Å². The van der Waals surface area contributed by atoms with Crippen LogP contribution in [0.1, 0.15) is 18.4 Å². The summed E-state index contributed by atoms with van der Waals surface area (Å²) in [5, 5.41) is 3.26. The number of rotatable bonds is 6. The zero-order valence-corrected chi connectivity index (χ0v) is 12.0. The fourth-order valence-electron chi connectivity index (χ4n) is 2.59. The molecule has 1 N–H and O–H groups in total. The number of benzene rings is 1. The Bertz CT molecular complexity index is 428. The van der Waals surface area contributed by atoms with Crippen LogP contribution in [-0.4, -0.2) is 32.7 Å². The standard InChI is InChI=1S/C15H20F3NO2/c1-19-13(9-12-6-7-20-10-12)8-11-2-4-14(5-3-11)21-15(16,17)18/h2-5,12-13,19H,6-10H2,1H3. The third kappa shape index (κ3) is 5.55. The molecule has 1 aliphatic heterocycles.